The highest BCUT2D eigenvalue weighted by atomic mass is 16.6. The molecule has 3 aliphatic rings. The van der Waals surface area contributed by atoms with Gasteiger partial charge in [-0.05, 0) is 67.0 Å². The number of fused-ring (bicyclic) bond motifs is 4. The third-order valence-electron chi connectivity index (χ3n) is 6.55. The Balaban J connectivity index is 1.46. The van der Waals surface area contributed by atoms with Crippen molar-refractivity contribution in [2.75, 3.05) is 13.2 Å². The van der Waals surface area contributed by atoms with Crippen LogP contribution in [0, 0.1) is 5.92 Å². The normalized spacial score (nSPS) is 17.6. The lowest BCUT2D eigenvalue weighted by Gasteiger charge is -2.20. The zero-order valence-electron chi connectivity index (χ0n) is 17.0. The van der Waals surface area contributed by atoms with Crippen LogP contribution in [0.5, 0.6) is 11.5 Å². The van der Waals surface area contributed by atoms with E-state index < -0.39 is 5.97 Å². The van der Waals surface area contributed by atoms with Crippen LogP contribution < -0.4 is 15.2 Å². The Bertz CT molecular complexity index is 1210. The van der Waals surface area contributed by atoms with E-state index in [1.807, 2.05) is 30.5 Å². The molecule has 0 saturated heterocycles. The Labute approximate surface area is 179 Å². The summed E-state index contributed by atoms with van der Waals surface area (Å²) in [5.41, 5.74) is 13.0. The third-order valence-corrected chi connectivity index (χ3v) is 6.55. The van der Waals surface area contributed by atoms with Crippen LogP contribution in [-0.4, -0.2) is 34.3 Å². The Hall–Kier alpha value is -3.32. The first-order valence-electron chi connectivity index (χ1n) is 10.7. The Kier molecular flexibility index (Phi) is 4.08. The number of carbonyl (C=O) groups is 1. The standard InChI is InChI=1S/C24H23N3O4/c25-21(12-1-2-12)23-20(24(28)29)15-5-3-14-11-26-17(10-16(14)22(15)27-23)13-4-6-18-19(9-13)31-8-7-30-18/h4,6,9-12,21,27H,1-3,5,7-8,25H2,(H,28,29). The maximum atomic E-state index is 12.1. The van der Waals surface area contributed by atoms with Crippen molar-refractivity contribution in [3.63, 3.8) is 0 Å². The van der Waals surface area contributed by atoms with Gasteiger partial charge in [0.15, 0.2) is 11.5 Å². The fraction of sp³-hybridized carbons (Fsp3) is 0.333. The van der Waals surface area contributed by atoms with E-state index in [0.717, 1.165) is 64.4 Å². The monoisotopic (exact) mass is 417 g/mol. The van der Waals surface area contributed by atoms with Gasteiger partial charge in [-0.3, -0.25) is 4.98 Å². The lowest BCUT2D eigenvalue weighted by atomic mass is 9.88. The molecular weight excluding hydrogens is 394 g/mol. The van der Waals surface area contributed by atoms with E-state index in [1.54, 1.807) is 0 Å². The van der Waals surface area contributed by atoms with Crippen LogP contribution in [0.3, 0.4) is 0 Å². The minimum atomic E-state index is -0.909. The summed E-state index contributed by atoms with van der Waals surface area (Å²) in [4.78, 5) is 20.2. The number of aromatic carboxylic acids is 1. The highest BCUT2D eigenvalue weighted by Crippen LogP contribution is 2.44. The van der Waals surface area contributed by atoms with E-state index in [1.165, 1.54) is 0 Å². The molecule has 2 aromatic heterocycles. The fourth-order valence-electron chi connectivity index (χ4n) is 4.76. The topological polar surface area (TPSA) is 110 Å². The number of carboxylic acid groups (broad SMARTS) is 1. The molecule has 3 aromatic rings. The summed E-state index contributed by atoms with van der Waals surface area (Å²) < 4.78 is 11.3. The van der Waals surface area contributed by atoms with Gasteiger partial charge in [0.25, 0.3) is 0 Å². The minimum absolute atomic E-state index is 0.265. The van der Waals surface area contributed by atoms with Crippen molar-refractivity contribution in [1.29, 1.82) is 0 Å². The zero-order valence-corrected chi connectivity index (χ0v) is 17.0. The summed E-state index contributed by atoms with van der Waals surface area (Å²) in [6, 6.07) is 7.59. The first-order chi connectivity index (χ1) is 15.1. The number of hydrogen-bond acceptors (Lipinski definition) is 5. The van der Waals surface area contributed by atoms with Crippen LogP contribution in [0.25, 0.3) is 22.5 Å². The molecule has 1 aliphatic heterocycles. The highest BCUT2D eigenvalue weighted by molar-refractivity contribution is 5.95. The summed E-state index contributed by atoms with van der Waals surface area (Å²) in [6.07, 6.45) is 5.43. The molecule has 1 atom stereocenters. The number of nitrogens with zero attached hydrogens (tertiary/aromatic N) is 1. The predicted octanol–water partition coefficient (Wildman–Crippen LogP) is 3.72. The smallest absolute Gasteiger partial charge is 0.337 e. The predicted molar refractivity (Wildman–Crippen MR) is 114 cm³/mol. The number of H-pyrrole nitrogens is 1. The molecule has 3 heterocycles. The summed E-state index contributed by atoms with van der Waals surface area (Å²) in [5.74, 6) is 0.913. The number of rotatable bonds is 4. The molecule has 4 N–H and O–H groups in total. The van der Waals surface area contributed by atoms with Crippen LogP contribution in [0.15, 0.2) is 30.5 Å². The quantitative estimate of drug-likeness (QED) is 0.597. The van der Waals surface area contributed by atoms with Gasteiger partial charge in [-0.15, -0.1) is 0 Å². The maximum Gasteiger partial charge on any atom is 0.337 e. The number of aromatic amines is 1. The third kappa shape index (κ3) is 2.99. The second-order valence-electron chi connectivity index (χ2n) is 8.52. The van der Waals surface area contributed by atoms with Gasteiger partial charge >= 0.3 is 5.97 Å². The summed E-state index contributed by atoms with van der Waals surface area (Å²) >= 11 is 0. The molecule has 1 aromatic carbocycles. The van der Waals surface area contributed by atoms with E-state index in [0.29, 0.717) is 36.8 Å². The highest BCUT2D eigenvalue weighted by Gasteiger charge is 2.36. The number of aryl methyl sites for hydroxylation is 1. The lowest BCUT2D eigenvalue weighted by Crippen LogP contribution is -2.17. The Morgan fingerprint density at radius 3 is 2.74 bits per heavy atom. The van der Waals surface area contributed by atoms with Crippen molar-refractivity contribution in [3.05, 3.63) is 52.8 Å². The molecule has 31 heavy (non-hydrogen) atoms. The number of nitrogens with one attached hydrogen (secondary N) is 1. The van der Waals surface area contributed by atoms with E-state index in [4.69, 9.17) is 15.2 Å². The second-order valence-corrected chi connectivity index (χ2v) is 8.52. The number of benzene rings is 1. The van der Waals surface area contributed by atoms with Gasteiger partial charge in [0, 0.05) is 29.1 Å². The molecule has 0 radical (unpaired) electrons. The van der Waals surface area contributed by atoms with E-state index in [9.17, 15) is 9.90 Å². The van der Waals surface area contributed by atoms with Crippen molar-refractivity contribution in [2.24, 2.45) is 11.7 Å². The minimum Gasteiger partial charge on any atom is -0.486 e. The first-order valence-corrected chi connectivity index (χ1v) is 10.7. The summed E-state index contributed by atoms with van der Waals surface area (Å²) in [6.45, 7) is 1.08. The Morgan fingerprint density at radius 2 is 1.97 bits per heavy atom. The van der Waals surface area contributed by atoms with Crippen molar-refractivity contribution >= 4 is 5.97 Å². The number of aromatic nitrogens is 2. The van der Waals surface area contributed by atoms with E-state index >= 15 is 0 Å². The molecule has 0 spiro atoms. The van der Waals surface area contributed by atoms with Crippen LogP contribution >= 0.6 is 0 Å². The van der Waals surface area contributed by atoms with E-state index in [2.05, 4.69) is 9.97 Å². The summed E-state index contributed by atoms with van der Waals surface area (Å²) in [5, 5.41) is 9.94. The number of pyridine rings is 1. The van der Waals surface area contributed by atoms with Crippen LogP contribution in [0.4, 0.5) is 0 Å². The van der Waals surface area contributed by atoms with Crippen LogP contribution in [-0.2, 0) is 12.8 Å². The van der Waals surface area contributed by atoms with Gasteiger partial charge in [-0.1, -0.05) is 0 Å². The molecule has 158 valence electrons. The molecule has 7 heteroatoms. The van der Waals surface area contributed by atoms with Gasteiger partial charge in [-0.2, -0.15) is 0 Å². The van der Waals surface area contributed by atoms with Crippen molar-refractivity contribution < 1.29 is 19.4 Å². The number of nitrogens with two attached hydrogens (primary N) is 1. The van der Waals surface area contributed by atoms with Gasteiger partial charge in [-0.25, -0.2) is 4.79 Å². The molecule has 0 amide bonds. The molecule has 2 aliphatic carbocycles. The average molecular weight is 417 g/mol. The largest absolute Gasteiger partial charge is 0.486 e. The number of hydrogen-bond donors (Lipinski definition) is 3. The molecule has 0 bridgehead atoms. The second kappa shape index (κ2) is 6.85. The van der Waals surface area contributed by atoms with Gasteiger partial charge in [0.05, 0.1) is 17.0 Å². The van der Waals surface area contributed by atoms with Gasteiger partial charge in [0.2, 0.25) is 0 Å². The molecule has 1 unspecified atom stereocenters. The zero-order chi connectivity index (χ0) is 21.1. The molecule has 6 rings (SSSR count). The van der Waals surface area contributed by atoms with E-state index in [-0.39, 0.29) is 6.04 Å². The molecular formula is C24H23N3O4. The van der Waals surface area contributed by atoms with Crippen molar-refractivity contribution in [1.82, 2.24) is 9.97 Å². The van der Waals surface area contributed by atoms with Gasteiger partial charge in [0.1, 0.15) is 13.2 Å². The first kappa shape index (κ1) is 18.4. The molecule has 7 nitrogen and oxygen atoms in total. The Morgan fingerprint density at radius 1 is 1.16 bits per heavy atom. The van der Waals surface area contributed by atoms with Gasteiger partial charge < -0.3 is 25.3 Å². The van der Waals surface area contributed by atoms with Crippen molar-refractivity contribution in [3.8, 4) is 34.0 Å². The SMILES string of the molecule is NC(c1[nH]c2c(c1C(=O)O)CCc1cnc(-c3ccc4c(c3)OCCO4)cc1-2)C1CC1. The fourth-order valence-corrected chi connectivity index (χ4v) is 4.76. The summed E-state index contributed by atoms with van der Waals surface area (Å²) in [7, 11) is 0. The maximum absolute atomic E-state index is 12.1. The number of ether oxygens (including phenoxy) is 2. The molecule has 1 fully saturated rings. The van der Waals surface area contributed by atoms with Crippen molar-refractivity contribution in [2.45, 2.75) is 31.7 Å². The van der Waals surface area contributed by atoms with Crippen LogP contribution in [0.2, 0.25) is 0 Å². The number of carboxylic acids is 1. The lowest BCUT2D eigenvalue weighted by molar-refractivity contribution is 0.0694. The van der Waals surface area contributed by atoms with Crippen LogP contribution in [0.1, 0.15) is 46.1 Å². The molecule has 1 saturated carbocycles. The average Bonchev–Trinajstić information content (AvgIpc) is 3.56.